The summed E-state index contributed by atoms with van der Waals surface area (Å²) in [7, 11) is 0. The zero-order chi connectivity index (χ0) is 19.9. The molecule has 28 heavy (non-hydrogen) atoms. The van der Waals surface area contributed by atoms with Gasteiger partial charge in [-0.3, -0.25) is 9.59 Å². The zero-order valence-electron chi connectivity index (χ0n) is 14.6. The number of nitrogens with zero attached hydrogens (tertiary/aromatic N) is 1. The minimum atomic E-state index is -0.564. The molecule has 8 heteroatoms. The number of carbonyl (C=O) groups excluding carboxylic acids is 2. The molecule has 0 bridgehead atoms. The molecule has 3 aromatic rings. The van der Waals surface area contributed by atoms with Gasteiger partial charge in [0, 0.05) is 6.42 Å². The molecule has 3 rings (SSSR count). The predicted octanol–water partition coefficient (Wildman–Crippen LogP) is 4.13. The Bertz CT molecular complexity index is 1030. The van der Waals surface area contributed by atoms with Crippen molar-refractivity contribution in [1.82, 2.24) is 0 Å². The van der Waals surface area contributed by atoms with Crippen molar-refractivity contribution in [2.45, 2.75) is 12.8 Å². The SMILES string of the molecule is N#Cc1ccsc1NC(=O)COC(=O)CCc1ccc(-c2ccccc2F)o1. The van der Waals surface area contributed by atoms with Crippen molar-refractivity contribution in [1.29, 1.82) is 5.26 Å². The van der Waals surface area contributed by atoms with Crippen LogP contribution in [0.1, 0.15) is 17.7 Å². The van der Waals surface area contributed by atoms with E-state index in [0.717, 1.165) is 0 Å². The van der Waals surface area contributed by atoms with Gasteiger partial charge >= 0.3 is 5.97 Å². The smallest absolute Gasteiger partial charge is 0.306 e. The van der Waals surface area contributed by atoms with E-state index >= 15 is 0 Å². The number of benzene rings is 1. The van der Waals surface area contributed by atoms with E-state index in [0.29, 0.717) is 27.6 Å². The number of esters is 1. The topological polar surface area (TPSA) is 92.3 Å². The number of anilines is 1. The van der Waals surface area contributed by atoms with E-state index in [-0.39, 0.29) is 18.7 Å². The molecular formula is C20H15FN2O4S. The van der Waals surface area contributed by atoms with Crippen LogP contribution >= 0.6 is 11.3 Å². The van der Waals surface area contributed by atoms with Crippen LogP contribution in [0.15, 0.2) is 52.3 Å². The molecule has 0 aliphatic carbocycles. The standard InChI is InChI=1S/C20H15FN2O4S/c21-16-4-2-1-3-15(16)17-7-5-14(27-17)6-8-19(25)26-12-18(24)23-20-13(11-22)9-10-28-20/h1-5,7,9-10H,6,8,12H2,(H,23,24). The van der Waals surface area contributed by atoms with Crippen LogP contribution < -0.4 is 5.32 Å². The quantitative estimate of drug-likeness (QED) is 0.604. The van der Waals surface area contributed by atoms with Gasteiger partial charge in [0.15, 0.2) is 6.61 Å². The van der Waals surface area contributed by atoms with Crippen LogP contribution in [0, 0.1) is 17.1 Å². The van der Waals surface area contributed by atoms with E-state index in [2.05, 4.69) is 5.32 Å². The van der Waals surface area contributed by atoms with Gasteiger partial charge in [0.05, 0.1) is 17.5 Å². The molecule has 0 saturated heterocycles. The molecule has 2 heterocycles. The summed E-state index contributed by atoms with van der Waals surface area (Å²) >= 11 is 1.21. The fourth-order valence-corrected chi connectivity index (χ4v) is 3.17. The third-order valence-corrected chi connectivity index (χ3v) is 4.61. The van der Waals surface area contributed by atoms with E-state index in [9.17, 15) is 14.0 Å². The lowest BCUT2D eigenvalue weighted by Gasteiger charge is -2.05. The predicted molar refractivity (Wildman–Crippen MR) is 101 cm³/mol. The number of amides is 1. The lowest BCUT2D eigenvalue weighted by atomic mass is 10.1. The van der Waals surface area contributed by atoms with E-state index < -0.39 is 18.5 Å². The van der Waals surface area contributed by atoms with Crippen molar-refractivity contribution in [2.24, 2.45) is 0 Å². The van der Waals surface area contributed by atoms with Crippen molar-refractivity contribution in [3.8, 4) is 17.4 Å². The number of nitrogens with one attached hydrogen (secondary N) is 1. The Balaban J connectivity index is 1.45. The Kier molecular flexibility index (Phi) is 6.19. The summed E-state index contributed by atoms with van der Waals surface area (Å²) in [6.07, 6.45) is 0.276. The summed E-state index contributed by atoms with van der Waals surface area (Å²) in [5.74, 6) is -0.584. The highest BCUT2D eigenvalue weighted by molar-refractivity contribution is 7.14. The Hall–Kier alpha value is -3.44. The third kappa shape index (κ3) is 4.84. The van der Waals surface area contributed by atoms with Crippen LogP contribution in [-0.2, 0) is 20.7 Å². The molecule has 0 atom stereocenters. The average molecular weight is 398 g/mol. The van der Waals surface area contributed by atoms with Gasteiger partial charge in [0.1, 0.15) is 28.4 Å². The fourth-order valence-electron chi connectivity index (χ4n) is 2.42. The van der Waals surface area contributed by atoms with Gasteiger partial charge in [-0.2, -0.15) is 5.26 Å². The molecule has 1 N–H and O–H groups in total. The van der Waals surface area contributed by atoms with Gasteiger partial charge in [-0.05, 0) is 35.7 Å². The van der Waals surface area contributed by atoms with Crippen molar-refractivity contribution < 1.29 is 23.1 Å². The maximum atomic E-state index is 13.8. The molecule has 0 fully saturated rings. The lowest BCUT2D eigenvalue weighted by Crippen LogP contribution is -2.20. The van der Waals surface area contributed by atoms with Gasteiger partial charge in [0.2, 0.25) is 0 Å². The highest BCUT2D eigenvalue weighted by atomic mass is 32.1. The number of furan rings is 1. The molecule has 0 spiro atoms. The van der Waals surface area contributed by atoms with E-state index in [1.165, 1.54) is 17.4 Å². The maximum absolute atomic E-state index is 13.8. The first-order chi connectivity index (χ1) is 13.6. The Morgan fingerprint density at radius 1 is 1.21 bits per heavy atom. The lowest BCUT2D eigenvalue weighted by molar-refractivity contribution is -0.147. The number of hydrogen-bond donors (Lipinski definition) is 1. The molecule has 0 unspecified atom stereocenters. The number of rotatable bonds is 7. The monoisotopic (exact) mass is 398 g/mol. The van der Waals surface area contributed by atoms with Crippen LogP contribution in [0.2, 0.25) is 0 Å². The van der Waals surface area contributed by atoms with E-state index in [4.69, 9.17) is 14.4 Å². The summed E-state index contributed by atoms with van der Waals surface area (Å²) in [6.45, 7) is -0.444. The van der Waals surface area contributed by atoms with Crippen molar-refractivity contribution in [3.05, 3.63) is 65.0 Å². The summed E-state index contributed by atoms with van der Waals surface area (Å²) in [5.41, 5.74) is 0.700. The second kappa shape index (κ2) is 8.97. The molecular weight excluding hydrogens is 383 g/mol. The van der Waals surface area contributed by atoms with Crippen molar-refractivity contribution in [3.63, 3.8) is 0 Å². The second-order valence-electron chi connectivity index (χ2n) is 5.73. The summed E-state index contributed by atoms with van der Waals surface area (Å²) < 4.78 is 24.3. The van der Waals surface area contributed by atoms with Crippen LogP contribution in [0.25, 0.3) is 11.3 Å². The number of ether oxygens (including phenoxy) is 1. The molecule has 142 valence electrons. The highest BCUT2D eigenvalue weighted by Crippen LogP contribution is 2.25. The maximum Gasteiger partial charge on any atom is 0.306 e. The molecule has 2 aromatic heterocycles. The Labute approximate surface area is 164 Å². The molecule has 6 nitrogen and oxygen atoms in total. The first-order valence-electron chi connectivity index (χ1n) is 8.33. The molecule has 1 aromatic carbocycles. The summed E-state index contributed by atoms with van der Waals surface area (Å²) in [5, 5.41) is 13.5. The summed E-state index contributed by atoms with van der Waals surface area (Å²) in [6, 6.07) is 13.1. The number of aryl methyl sites for hydroxylation is 1. The third-order valence-electron chi connectivity index (χ3n) is 3.78. The fraction of sp³-hybridized carbons (Fsp3) is 0.150. The van der Waals surface area contributed by atoms with E-state index in [1.54, 1.807) is 41.8 Å². The molecule has 0 radical (unpaired) electrons. The van der Waals surface area contributed by atoms with Crippen molar-refractivity contribution >= 4 is 28.2 Å². The molecule has 0 aliphatic heterocycles. The average Bonchev–Trinajstić information content (AvgIpc) is 3.34. The van der Waals surface area contributed by atoms with Gasteiger partial charge in [-0.1, -0.05) is 12.1 Å². The number of hydrogen-bond acceptors (Lipinski definition) is 6. The minimum Gasteiger partial charge on any atom is -0.461 e. The van der Waals surface area contributed by atoms with Crippen LogP contribution in [0.4, 0.5) is 9.39 Å². The van der Waals surface area contributed by atoms with Crippen molar-refractivity contribution in [2.75, 3.05) is 11.9 Å². The van der Waals surface area contributed by atoms with Gasteiger partial charge in [0.25, 0.3) is 5.91 Å². The molecule has 0 aliphatic rings. The number of thiophene rings is 1. The van der Waals surface area contributed by atoms with Gasteiger partial charge in [-0.15, -0.1) is 11.3 Å². The second-order valence-corrected chi connectivity index (χ2v) is 6.65. The number of nitriles is 1. The van der Waals surface area contributed by atoms with Crippen LogP contribution in [0.3, 0.4) is 0 Å². The first-order valence-corrected chi connectivity index (χ1v) is 9.21. The first kappa shape index (κ1) is 19.3. The Morgan fingerprint density at radius 2 is 2.04 bits per heavy atom. The van der Waals surface area contributed by atoms with Gasteiger partial charge in [-0.25, -0.2) is 4.39 Å². The Morgan fingerprint density at radius 3 is 2.82 bits per heavy atom. The normalized spacial score (nSPS) is 10.3. The highest BCUT2D eigenvalue weighted by Gasteiger charge is 2.13. The zero-order valence-corrected chi connectivity index (χ0v) is 15.4. The molecule has 0 saturated carbocycles. The minimum absolute atomic E-state index is 0.0138. The van der Waals surface area contributed by atoms with Gasteiger partial charge < -0.3 is 14.5 Å². The largest absolute Gasteiger partial charge is 0.461 e. The number of halogens is 1. The van der Waals surface area contributed by atoms with E-state index in [1.807, 2.05) is 6.07 Å². The number of carbonyl (C=O) groups is 2. The van der Waals surface area contributed by atoms with Crippen LogP contribution in [0.5, 0.6) is 0 Å². The van der Waals surface area contributed by atoms with Crippen LogP contribution in [-0.4, -0.2) is 18.5 Å². The summed E-state index contributed by atoms with van der Waals surface area (Å²) in [4.78, 5) is 23.6. The molecule has 1 amide bonds.